The molecule has 14 heavy (non-hydrogen) atoms. The summed E-state index contributed by atoms with van der Waals surface area (Å²) in [4.78, 5) is 2.36. The van der Waals surface area contributed by atoms with Gasteiger partial charge >= 0.3 is 0 Å². The lowest BCUT2D eigenvalue weighted by atomic mass is 10.0. The minimum atomic E-state index is -0.680. The van der Waals surface area contributed by atoms with Gasteiger partial charge in [0.15, 0.2) is 0 Å². The fourth-order valence-corrected chi connectivity index (χ4v) is 1.35. The number of hydrogen-bond acceptors (Lipinski definition) is 3. The molecule has 0 aliphatic carbocycles. The largest absolute Gasteiger partial charge is 0.314 e. The van der Waals surface area contributed by atoms with E-state index < -0.39 is 5.54 Å². The number of rotatable bonds is 6. The maximum atomic E-state index is 8.78. The third kappa shape index (κ3) is 5.21. The molecule has 0 aromatic carbocycles. The SMILES string of the molecule is CCCN(CCC(C)(N)C#N)C(C)C. The highest BCUT2D eigenvalue weighted by molar-refractivity contribution is 5.01. The van der Waals surface area contributed by atoms with Crippen LogP contribution in [-0.4, -0.2) is 29.6 Å². The average Bonchev–Trinajstić information content (AvgIpc) is 2.12. The van der Waals surface area contributed by atoms with E-state index in [-0.39, 0.29) is 0 Å². The Labute approximate surface area is 87.9 Å². The topological polar surface area (TPSA) is 53.0 Å². The molecule has 0 radical (unpaired) electrons. The smallest absolute Gasteiger partial charge is 0.102 e. The van der Waals surface area contributed by atoms with Crippen molar-refractivity contribution in [3.05, 3.63) is 0 Å². The van der Waals surface area contributed by atoms with E-state index in [9.17, 15) is 0 Å². The van der Waals surface area contributed by atoms with E-state index in [2.05, 4.69) is 31.7 Å². The van der Waals surface area contributed by atoms with Gasteiger partial charge in [-0.1, -0.05) is 6.92 Å². The second-order valence-corrected chi connectivity index (χ2v) is 4.41. The quantitative estimate of drug-likeness (QED) is 0.705. The van der Waals surface area contributed by atoms with E-state index in [4.69, 9.17) is 11.0 Å². The molecule has 0 bridgehead atoms. The van der Waals surface area contributed by atoms with Crippen molar-refractivity contribution in [3.8, 4) is 6.07 Å². The van der Waals surface area contributed by atoms with E-state index in [0.717, 1.165) is 25.9 Å². The molecule has 0 aromatic heterocycles. The predicted octanol–water partition coefficient (Wildman–Crippen LogP) is 1.74. The normalized spacial score (nSPS) is 15.6. The average molecular weight is 197 g/mol. The van der Waals surface area contributed by atoms with Gasteiger partial charge in [-0.3, -0.25) is 0 Å². The van der Waals surface area contributed by atoms with Crippen LogP contribution in [0.5, 0.6) is 0 Å². The van der Waals surface area contributed by atoms with Gasteiger partial charge in [0, 0.05) is 12.6 Å². The van der Waals surface area contributed by atoms with Gasteiger partial charge in [-0.15, -0.1) is 0 Å². The maximum absolute atomic E-state index is 8.78. The van der Waals surface area contributed by atoms with Crippen molar-refractivity contribution in [2.45, 2.75) is 52.1 Å². The van der Waals surface area contributed by atoms with Gasteiger partial charge in [0.2, 0.25) is 0 Å². The van der Waals surface area contributed by atoms with Crippen LogP contribution in [-0.2, 0) is 0 Å². The van der Waals surface area contributed by atoms with E-state index in [1.54, 1.807) is 6.92 Å². The standard InChI is InChI=1S/C11H23N3/c1-5-7-14(10(2)3)8-6-11(4,13)9-12/h10H,5-8,13H2,1-4H3. The molecule has 0 heterocycles. The van der Waals surface area contributed by atoms with Crippen molar-refractivity contribution in [2.75, 3.05) is 13.1 Å². The van der Waals surface area contributed by atoms with Gasteiger partial charge < -0.3 is 10.6 Å². The molecule has 2 N–H and O–H groups in total. The minimum Gasteiger partial charge on any atom is -0.314 e. The van der Waals surface area contributed by atoms with Crippen LogP contribution < -0.4 is 5.73 Å². The molecule has 3 heteroatoms. The lowest BCUT2D eigenvalue weighted by Crippen LogP contribution is -2.41. The number of nitrogens with two attached hydrogens (primary N) is 1. The van der Waals surface area contributed by atoms with Crippen molar-refractivity contribution >= 4 is 0 Å². The molecule has 0 saturated carbocycles. The van der Waals surface area contributed by atoms with Crippen LogP contribution in [0.15, 0.2) is 0 Å². The second kappa shape index (κ2) is 6.00. The molecule has 82 valence electrons. The summed E-state index contributed by atoms with van der Waals surface area (Å²) in [5.74, 6) is 0. The van der Waals surface area contributed by atoms with Gasteiger partial charge in [0.1, 0.15) is 5.54 Å². The minimum absolute atomic E-state index is 0.532. The summed E-state index contributed by atoms with van der Waals surface area (Å²) < 4.78 is 0. The highest BCUT2D eigenvalue weighted by Gasteiger charge is 2.19. The van der Waals surface area contributed by atoms with Crippen LogP contribution in [0.1, 0.15) is 40.5 Å². The first-order valence-corrected chi connectivity index (χ1v) is 5.37. The summed E-state index contributed by atoms with van der Waals surface area (Å²) in [6.45, 7) is 10.3. The van der Waals surface area contributed by atoms with Gasteiger partial charge in [-0.25, -0.2) is 0 Å². The summed E-state index contributed by atoms with van der Waals surface area (Å²) in [5, 5.41) is 8.78. The van der Waals surface area contributed by atoms with E-state index in [0.29, 0.717) is 6.04 Å². The molecular formula is C11H23N3. The second-order valence-electron chi connectivity index (χ2n) is 4.41. The highest BCUT2D eigenvalue weighted by Crippen LogP contribution is 2.08. The molecule has 0 saturated heterocycles. The number of hydrogen-bond donors (Lipinski definition) is 1. The molecule has 0 fully saturated rings. The first kappa shape index (κ1) is 13.4. The predicted molar refractivity (Wildman–Crippen MR) is 59.8 cm³/mol. The molecule has 0 aromatic rings. The zero-order valence-corrected chi connectivity index (χ0v) is 9.88. The van der Waals surface area contributed by atoms with Crippen LogP contribution in [0, 0.1) is 11.3 Å². The van der Waals surface area contributed by atoms with Crippen molar-refractivity contribution in [1.29, 1.82) is 5.26 Å². The van der Waals surface area contributed by atoms with Crippen molar-refractivity contribution in [2.24, 2.45) is 5.73 Å². The Morgan fingerprint density at radius 1 is 1.43 bits per heavy atom. The summed E-state index contributed by atoms with van der Waals surface area (Å²) in [7, 11) is 0. The van der Waals surface area contributed by atoms with Gasteiger partial charge in [0.05, 0.1) is 6.07 Å². The van der Waals surface area contributed by atoms with Crippen molar-refractivity contribution < 1.29 is 0 Å². The third-order valence-corrected chi connectivity index (χ3v) is 2.41. The number of nitriles is 1. The lowest BCUT2D eigenvalue weighted by molar-refractivity contribution is 0.209. The molecule has 1 atom stereocenters. The van der Waals surface area contributed by atoms with Crippen molar-refractivity contribution in [3.63, 3.8) is 0 Å². The van der Waals surface area contributed by atoms with Crippen molar-refractivity contribution in [1.82, 2.24) is 4.90 Å². The molecule has 0 spiro atoms. The lowest BCUT2D eigenvalue weighted by Gasteiger charge is -2.28. The first-order chi connectivity index (χ1) is 6.43. The van der Waals surface area contributed by atoms with Crippen LogP contribution in [0.25, 0.3) is 0 Å². The summed E-state index contributed by atoms with van der Waals surface area (Å²) in [6.07, 6.45) is 1.88. The summed E-state index contributed by atoms with van der Waals surface area (Å²) >= 11 is 0. The van der Waals surface area contributed by atoms with Gasteiger partial charge in [0.25, 0.3) is 0 Å². The maximum Gasteiger partial charge on any atom is 0.102 e. The molecule has 0 rings (SSSR count). The third-order valence-electron chi connectivity index (χ3n) is 2.41. The Morgan fingerprint density at radius 2 is 2.00 bits per heavy atom. The fraction of sp³-hybridized carbons (Fsp3) is 0.909. The Kier molecular flexibility index (Phi) is 5.75. The Morgan fingerprint density at radius 3 is 2.36 bits per heavy atom. The fourth-order valence-electron chi connectivity index (χ4n) is 1.35. The van der Waals surface area contributed by atoms with Crippen LogP contribution in [0.4, 0.5) is 0 Å². The van der Waals surface area contributed by atoms with Crippen LogP contribution in [0.2, 0.25) is 0 Å². The van der Waals surface area contributed by atoms with E-state index in [1.165, 1.54) is 0 Å². The van der Waals surface area contributed by atoms with Crippen LogP contribution in [0.3, 0.4) is 0 Å². The van der Waals surface area contributed by atoms with Gasteiger partial charge in [-0.05, 0) is 40.2 Å². The molecule has 0 aliphatic heterocycles. The Balaban J connectivity index is 4.01. The molecule has 1 unspecified atom stereocenters. The summed E-state index contributed by atoms with van der Waals surface area (Å²) in [5.41, 5.74) is 5.09. The zero-order valence-electron chi connectivity index (χ0n) is 9.88. The molecule has 3 nitrogen and oxygen atoms in total. The van der Waals surface area contributed by atoms with Crippen LogP contribution >= 0.6 is 0 Å². The van der Waals surface area contributed by atoms with Gasteiger partial charge in [-0.2, -0.15) is 5.26 Å². The molecular weight excluding hydrogens is 174 g/mol. The first-order valence-electron chi connectivity index (χ1n) is 5.37. The van der Waals surface area contributed by atoms with E-state index >= 15 is 0 Å². The highest BCUT2D eigenvalue weighted by atomic mass is 15.1. The summed E-state index contributed by atoms with van der Waals surface area (Å²) in [6, 6.07) is 2.66. The van der Waals surface area contributed by atoms with E-state index in [1.807, 2.05) is 0 Å². The Hall–Kier alpha value is -0.590. The molecule has 0 aliphatic rings. The monoisotopic (exact) mass is 197 g/mol. The molecule has 0 amide bonds. The Bertz CT molecular complexity index is 191. The zero-order chi connectivity index (χ0) is 11.2. The number of nitrogens with zero attached hydrogens (tertiary/aromatic N) is 2.